The first kappa shape index (κ1) is 12.2. The number of rotatable bonds is 4. The highest BCUT2D eigenvalue weighted by atomic mass is 32.2. The number of nitrogen functional groups attached to an aromatic ring is 1. The lowest BCUT2D eigenvalue weighted by atomic mass is 10.1. The average Bonchev–Trinajstić information content (AvgIpc) is 3.10. The lowest BCUT2D eigenvalue weighted by Gasteiger charge is -2.05. The number of hydrogen-bond donors (Lipinski definition) is 1. The molecule has 1 aliphatic rings. The molecule has 7 heteroatoms. The molecule has 6 nitrogen and oxygen atoms in total. The average molecular weight is 275 g/mol. The van der Waals surface area contributed by atoms with Gasteiger partial charge in [0.15, 0.2) is 5.78 Å². The van der Waals surface area contributed by atoms with Crippen molar-refractivity contribution in [2.24, 2.45) is 0 Å². The number of nitrogens with zero attached hydrogens (tertiary/aromatic N) is 4. The van der Waals surface area contributed by atoms with E-state index < -0.39 is 0 Å². The molecule has 3 rings (SSSR count). The Morgan fingerprint density at radius 2 is 2.26 bits per heavy atom. The number of tetrazole rings is 1. The molecule has 1 aromatic carbocycles. The van der Waals surface area contributed by atoms with Crippen molar-refractivity contribution >= 4 is 23.2 Å². The highest BCUT2D eigenvalue weighted by Crippen LogP contribution is 2.38. The lowest BCUT2D eigenvalue weighted by Crippen LogP contribution is -2.00. The van der Waals surface area contributed by atoms with E-state index in [0.29, 0.717) is 17.3 Å². The molecule has 2 N–H and O–H groups in total. The SMILES string of the molecule is CC(=O)c1ccc(Sc2nnnn2C2CC2)cc1N. The maximum atomic E-state index is 11.3. The molecule has 1 aromatic heterocycles. The predicted octanol–water partition coefficient (Wildman–Crippen LogP) is 1.94. The van der Waals surface area contributed by atoms with Gasteiger partial charge in [0.1, 0.15) is 0 Å². The molecule has 0 atom stereocenters. The van der Waals surface area contributed by atoms with Crippen LogP contribution in [0.2, 0.25) is 0 Å². The van der Waals surface area contributed by atoms with Crippen molar-refractivity contribution in [3.05, 3.63) is 23.8 Å². The fraction of sp³-hybridized carbons (Fsp3) is 0.333. The van der Waals surface area contributed by atoms with Crippen LogP contribution in [-0.4, -0.2) is 26.0 Å². The summed E-state index contributed by atoms with van der Waals surface area (Å²) in [6, 6.07) is 5.83. The van der Waals surface area contributed by atoms with Crippen molar-refractivity contribution in [1.29, 1.82) is 0 Å². The van der Waals surface area contributed by atoms with E-state index in [-0.39, 0.29) is 5.78 Å². The van der Waals surface area contributed by atoms with Crippen molar-refractivity contribution in [3.8, 4) is 0 Å². The Labute approximate surface area is 114 Å². The second-order valence-corrected chi connectivity index (χ2v) is 5.59. The van der Waals surface area contributed by atoms with Crippen LogP contribution in [0.25, 0.3) is 0 Å². The molecule has 0 spiro atoms. The van der Waals surface area contributed by atoms with Crippen molar-refractivity contribution < 1.29 is 4.79 Å². The number of carbonyl (C=O) groups excluding carboxylic acids is 1. The highest BCUT2D eigenvalue weighted by molar-refractivity contribution is 7.99. The van der Waals surface area contributed by atoms with Gasteiger partial charge in [0, 0.05) is 16.1 Å². The Bertz CT molecular complexity index is 635. The van der Waals surface area contributed by atoms with Crippen molar-refractivity contribution in [2.45, 2.75) is 35.9 Å². The number of hydrogen-bond acceptors (Lipinski definition) is 6. The van der Waals surface area contributed by atoms with Gasteiger partial charge in [-0.05, 0) is 60.2 Å². The maximum absolute atomic E-state index is 11.3. The van der Waals surface area contributed by atoms with E-state index in [2.05, 4.69) is 15.5 Å². The van der Waals surface area contributed by atoms with Crippen LogP contribution in [0.15, 0.2) is 28.3 Å². The summed E-state index contributed by atoms with van der Waals surface area (Å²) in [5.74, 6) is -0.0307. The van der Waals surface area contributed by atoms with E-state index in [1.807, 2.05) is 10.7 Å². The third-order valence-electron chi connectivity index (χ3n) is 2.97. The van der Waals surface area contributed by atoms with Gasteiger partial charge in [0.25, 0.3) is 0 Å². The van der Waals surface area contributed by atoms with Crippen molar-refractivity contribution in [1.82, 2.24) is 20.2 Å². The van der Waals surface area contributed by atoms with Gasteiger partial charge in [-0.15, -0.1) is 5.10 Å². The summed E-state index contributed by atoms with van der Waals surface area (Å²) >= 11 is 1.46. The lowest BCUT2D eigenvalue weighted by molar-refractivity contribution is 0.101. The van der Waals surface area contributed by atoms with Gasteiger partial charge in [-0.3, -0.25) is 4.79 Å². The summed E-state index contributed by atoms with van der Waals surface area (Å²) < 4.78 is 1.85. The van der Waals surface area contributed by atoms with Gasteiger partial charge in [0.2, 0.25) is 5.16 Å². The Morgan fingerprint density at radius 3 is 2.89 bits per heavy atom. The molecule has 2 aromatic rings. The molecular weight excluding hydrogens is 262 g/mol. The molecule has 0 aliphatic heterocycles. The molecular formula is C12H13N5OS. The largest absolute Gasteiger partial charge is 0.398 e. The maximum Gasteiger partial charge on any atom is 0.214 e. The molecule has 1 saturated carbocycles. The van der Waals surface area contributed by atoms with Crippen LogP contribution in [0.5, 0.6) is 0 Å². The first-order valence-electron chi connectivity index (χ1n) is 6.01. The minimum Gasteiger partial charge on any atom is -0.398 e. The van der Waals surface area contributed by atoms with E-state index in [0.717, 1.165) is 22.9 Å². The van der Waals surface area contributed by atoms with Gasteiger partial charge in [-0.25, -0.2) is 4.68 Å². The number of anilines is 1. The monoisotopic (exact) mass is 275 g/mol. The van der Waals surface area contributed by atoms with Crippen LogP contribution in [-0.2, 0) is 0 Å². The van der Waals surface area contributed by atoms with Gasteiger partial charge in [-0.2, -0.15) is 0 Å². The molecule has 1 aliphatic carbocycles. The Balaban J connectivity index is 1.85. The third kappa shape index (κ3) is 2.46. The molecule has 0 unspecified atom stereocenters. The van der Waals surface area contributed by atoms with Gasteiger partial charge in [0.05, 0.1) is 6.04 Å². The van der Waals surface area contributed by atoms with E-state index in [4.69, 9.17) is 5.73 Å². The second-order valence-electron chi connectivity index (χ2n) is 4.54. The summed E-state index contributed by atoms with van der Waals surface area (Å²) in [4.78, 5) is 12.3. The first-order valence-corrected chi connectivity index (χ1v) is 6.83. The zero-order chi connectivity index (χ0) is 13.4. The van der Waals surface area contributed by atoms with Crippen LogP contribution < -0.4 is 5.73 Å². The topological polar surface area (TPSA) is 86.7 Å². The molecule has 19 heavy (non-hydrogen) atoms. The number of nitrogens with two attached hydrogens (primary N) is 1. The van der Waals surface area contributed by atoms with Crippen molar-refractivity contribution in [3.63, 3.8) is 0 Å². The molecule has 98 valence electrons. The van der Waals surface area contributed by atoms with Gasteiger partial charge >= 0.3 is 0 Å². The summed E-state index contributed by atoms with van der Waals surface area (Å²) in [6.45, 7) is 1.51. The van der Waals surface area contributed by atoms with Crippen LogP contribution >= 0.6 is 11.8 Å². The molecule has 0 saturated heterocycles. The summed E-state index contributed by atoms with van der Waals surface area (Å²) in [7, 11) is 0. The quantitative estimate of drug-likeness (QED) is 0.678. The van der Waals surface area contributed by atoms with E-state index in [1.165, 1.54) is 18.7 Å². The van der Waals surface area contributed by atoms with Crippen molar-refractivity contribution in [2.75, 3.05) is 5.73 Å². The number of ketones is 1. The van der Waals surface area contributed by atoms with Crippen LogP contribution in [0.1, 0.15) is 36.2 Å². The molecule has 0 radical (unpaired) electrons. The Morgan fingerprint density at radius 1 is 1.47 bits per heavy atom. The van der Waals surface area contributed by atoms with Gasteiger partial charge < -0.3 is 5.73 Å². The molecule has 1 fully saturated rings. The summed E-state index contributed by atoms with van der Waals surface area (Å²) in [5, 5.41) is 12.5. The third-order valence-corrected chi connectivity index (χ3v) is 3.91. The number of carbonyl (C=O) groups is 1. The van der Waals surface area contributed by atoms with Crippen LogP contribution in [0, 0.1) is 0 Å². The fourth-order valence-electron chi connectivity index (χ4n) is 1.83. The standard InChI is InChI=1S/C12H13N5OS/c1-7(18)10-5-4-9(6-11(10)13)19-12-14-15-16-17(12)8-2-3-8/h4-6,8H,2-3,13H2,1H3. The second kappa shape index (κ2) is 4.65. The van der Waals surface area contributed by atoms with Crippen LogP contribution in [0.4, 0.5) is 5.69 Å². The van der Waals surface area contributed by atoms with Gasteiger partial charge in [-0.1, -0.05) is 0 Å². The first-order chi connectivity index (χ1) is 9.15. The normalized spacial score (nSPS) is 14.6. The number of aromatic nitrogens is 4. The summed E-state index contributed by atoms with van der Waals surface area (Å²) in [5.41, 5.74) is 6.91. The number of Topliss-reactive ketones (excluding diaryl/α,β-unsaturated/α-hetero) is 1. The fourth-order valence-corrected chi connectivity index (χ4v) is 2.72. The molecule has 0 amide bonds. The minimum absolute atomic E-state index is 0.0307. The van der Waals surface area contributed by atoms with E-state index in [9.17, 15) is 4.79 Å². The summed E-state index contributed by atoms with van der Waals surface area (Å²) in [6.07, 6.45) is 2.26. The smallest absolute Gasteiger partial charge is 0.214 e. The molecule has 1 heterocycles. The van der Waals surface area contributed by atoms with E-state index in [1.54, 1.807) is 12.1 Å². The Hall–Kier alpha value is -1.89. The van der Waals surface area contributed by atoms with E-state index >= 15 is 0 Å². The minimum atomic E-state index is -0.0307. The number of benzene rings is 1. The molecule has 0 bridgehead atoms. The zero-order valence-corrected chi connectivity index (χ0v) is 11.2. The Kier molecular flexibility index (Phi) is 2.98. The highest BCUT2D eigenvalue weighted by Gasteiger charge is 2.28. The zero-order valence-electron chi connectivity index (χ0n) is 10.4. The predicted molar refractivity (Wildman–Crippen MR) is 71.1 cm³/mol. The van der Waals surface area contributed by atoms with Crippen LogP contribution in [0.3, 0.4) is 0 Å².